The Labute approximate surface area is 256 Å². The lowest BCUT2D eigenvalue weighted by Gasteiger charge is -2.46. The van der Waals surface area contributed by atoms with E-state index in [9.17, 15) is 14.4 Å². The molecule has 0 bridgehead atoms. The summed E-state index contributed by atoms with van der Waals surface area (Å²) < 4.78 is 11.5. The molecule has 6 rings (SSSR count). The number of aryl methyl sites for hydroxylation is 1. The second-order valence-corrected chi connectivity index (χ2v) is 13.8. The van der Waals surface area contributed by atoms with E-state index in [-0.39, 0.29) is 47.2 Å². The van der Waals surface area contributed by atoms with E-state index in [1.165, 1.54) is 11.8 Å². The number of pyridine rings is 1. The Morgan fingerprint density at radius 2 is 1.88 bits per heavy atom. The number of benzene rings is 1. The van der Waals surface area contributed by atoms with Crippen molar-refractivity contribution in [1.82, 2.24) is 20.9 Å². The summed E-state index contributed by atoms with van der Waals surface area (Å²) in [6, 6.07) is 12.6. The van der Waals surface area contributed by atoms with Crippen LogP contribution in [-0.2, 0) is 14.3 Å². The van der Waals surface area contributed by atoms with Gasteiger partial charge in [-0.3, -0.25) is 14.5 Å². The highest BCUT2D eigenvalue weighted by Crippen LogP contribution is 2.48. The smallest absolute Gasteiger partial charge is 0.326 e. The molecular weight excluding hydrogens is 566 g/mol. The summed E-state index contributed by atoms with van der Waals surface area (Å²) in [5.41, 5.74) is 1.55. The van der Waals surface area contributed by atoms with Crippen LogP contribution < -0.4 is 25.6 Å². The molecule has 11 heteroatoms. The molecule has 1 aromatic carbocycles. The van der Waals surface area contributed by atoms with Crippen LogP contribution in [0.3, 0.4) is 0 Å². The van der Waals surface area contributed by atoms with Crippen LogP contribution in [0.5, 0.6) is 11.6 Å². The molecule has 2 saturated heterocycles. The molecule has 5 atom stereocenters. The number of carbonyl (C=O) groups is 3. The number of thioether (sulfide) groups is 1. The van der Waals surface area contributed by atoms with E-state index in [1.54, 1.807) is 11.0 Å². The van der Waals surface area contributed by atoms with E-state index >= 15 is 0 Å². The summed E-state index contributed by atoms with van der Waals surface area (Å²) in [7, 11) is 0. The van der Waals surface area contributed by atoms with Gasteiger partial charge >= 0.3 is 12.0 Å². The van der Waals surface area contributed by atoms with Crippen molar-refractivity contribution in [2.24, 2.45) is 11.8 Å². The number of piperidine rings is 1. The van der Waals surface area contributed by atoms with Gasteiger partial charge in [0.2, 0.25) is 5.88 Å². The predicted octanol–water partition coefficient (Wildman–Crippen LogP) is 4.99. The summed E-state index contributed by atoms with van der Waals surface area (Å²) in [6.07, 6.45) is 3.71. The van der Waals surface area contributed by atoms with Crippen molar-refractivity contribution in [3.63, 3.8) is 0 Å². The van der Waals surface area contributed by atoms with E-state index in [1.807, 2.05) is 64.1 Å². The van der Waals surface area contributed by atoms with E-state index in [0.717, 1.165) is 37.9 Å². The third kappa shape index (κ3) is 6.24. The average molecular weight is 606 g/mol. The van der Waals surface area contributed by atoms with Crippen LogP contribution in [0.25, 0.3) is 0 Å². The first-order chi connectivity index (χ1) is 20.6. The number of nitrogens with zero attached hydrogens (tertiary/aromatic N) is 2. The molecule has 3 N–H and O–H groups in total. The molecule has 3 aliphatic heterocycles. The Morgan fingerprint density at radius 1 is 1.09 bits per heavy atom. The summed E-state index contributed by atoms with van der Waals surface area (Å²) in [4.78, 5) is 47.0. The molecule has 0 radical (unpaired) electrons. The largest absolute Gasteiger partial charge is 0.460 e. The zero-order chi connectivity index (χ0) is 30.3. The lowest BCUT2D eigenvalue weighted by atomic mass is 9.85. The van der Waals surface area contributed by atoms with Gasteiger partial charge in [-0.25, -0.2) is 9.78 Å². The van der Waals surface area contributed by atoms with Crippen molar-refractivity contribution in [1.29, 1.82) is 0 Å². The molecule has 4 heterocycles. The van der Waals surface area contributed by atoms with Gasteiger partial charge in [-0.2, -0.15) is 0 Å². The van der Waals surface area contributed by atoms with Crippen LogP contribution in [0.1, 0.15) is 58.6 Å². The van der Waals surface area contributed by atoms with Crippen molar-refractivity contribution in [3.8, 4) is 11.6 Å². The predicted molar refractivity (Wildman–Crippen MR) is 165 cm³/mol. The van der Waals surface area contributed by atoms with Gasteiger partial charge in [-0.1, -0.05) is 36.4 Å². The highest BCUT2D eigenvalue weighted by atomic mass is 32.2. The number of rotatable bonds is 6. The number of esters is 1. The van der Waals surface area contributed by atoms with Crippen molar-refractivity contribution >= 4 is 35.4 Å². The van der Waals surface area contributed by atoms with E-state index in [2.05, 4.69) is 20.9 Å². The summed E-state index contributed by atoms with van der Waals surface area (Å²) >= 11 is 1.48. The number of aromatic nitrogens is 1. The summed E-state index contributed by atoms with van der Waals surface area (Å²) in [5, 5.41) is 9.75. The van der Waals surface area contributed by atoms with Gasteiger partial charge in [-0.15, -0.1) is 0 Å². The Hall–Kier alpha value is -3.57. The van der Waals surface area contributed by atoms with Crippen molar-refractivity contribution in [2.75, 3.05) is 11.4 Å². The van der Waals surface area contributed by atoms with Gasteiger partial charge in [0.05, 0.1) is 33.6 Å². The monoisotopic (exact) mass is 605 g/mol. The topological polar surface area (TPSA) is 122 Å². The minimum absolute atomic E-state index is 0.0348. The first-order valence-corrected chi connectivity index (χ1v) is 15.9. The molecule has 228 valence electrons. The number of urea groups is 1. The third-order valence-corrected chi connectivity index (χ3v) is 9.71. The minimum Gasteiger partial charge on any atom is -0.460 e. The maximum atomic E-state index is 13.7. The highest BCUT2D eigenvalue weighted by molar-refractivity contribution is 8.04. The standard InChI is InChI=1S/C32H39N5O5S/c1-18-22(13-14-24(34-18)41-21-11-6-5-7-12-21)37-23-15-16-33-29-25(23)26(36-31(37)40)27(43-29)28(38)35-20-10-8-9-19(17-20)30(39)42-32(2,3)4/h5-7,11-14,19-20,23,25,29,33H,8-10,15-17H2,1-4H3,(H,35,38)(H,36,40)/t19?,20-,23?,25?,29?/m1/s1. The number of hydrogen-bond donors (Lipinski definition) is 3. The fraction of sp³-hybridized carbons (Fsp3) is 0.500. The van der Waals surface area contributed by atoms with Crippen LogP contribution in [0.2, 0.25) is 0 Å². The highest BCUT2D eigenvalue weighted by Gasteiger charge is 2.52. The Morgan fingerprint density at radius 3 is 2.63 bits per heavy atom. The minimum atomic E-state index is -0.542. The number of hydrogen-bond acceptors (Lipinski definition) is 8. The number of carbonyl (C=O) groups excluding carboxylic acids is 3. The molecule has 3 amide bonds. The van der Waals surface area contributed by atoms with Crippen LogP contribution >= 0.6 is 11.8 Å². The first-order valence-electron chi connectivity index (χ1n) is 15.1. The maximum absolute atomic E-state index is 13.7. The van der Waals surface area contributed by atoms with Crippen LogP contribution in [0, 0.1) is 18.8 Å². The van der Waals surface area contributed by atoms with E-state index < -0.39 is 5.60 Å². The SMILES string of the molecule is Cc1nc(Oc2ccccc2)ccc1N1C(=O)NC2=C(C(=O)N[C@@H]3CCCC(C(=O)OC(C)(C)C)C3)SC3NCCC1C23. The lowest BCUT2D eigenvalue weighted by molar-refractivity contribution is -0.161. The molecule has 1 aromatic heterocycles. The Kier molecular flexibility index (Phi) is 8.12. The van der Waals surface area contributed by atoms with Crippen molar-refractivity contribution < 1.29 is 23.9 Å². The van der Waals surface area contributed by atoms with E-state index in [0.29, 0.717) is 34.3 Å². The quantitative estimate of drug-likeness (QED) is 0.394. The lowest BCUT2D eigenvalue weighted by Crippen LogP contribution is -2.62. The van der Waals surface area contributed by atoms with Crippen LogP contribution in [0.15, 0.2) is 53.1 Å². The molecule has 2 aromatic rings. The molecule has 4 unspecified atom stereocenters. The first kappa shape index (κ1) is 29.5. The molecule has 1 aliphatic carbocycles. The summed E-state index contributed by atoms with van der Waals surface area (Å²) in [5.74, 6) is 0.448. The van der Waals surface area contributed by atoms with Gasteiger partial charge in [0.1, 0.15) is 11.4 Å². The Balaban J connectivity index is 1.18. The molecule has 4 aliphatic rings. The van der Waals surface area contributed by atoms with Gasteiger partial charge in [0.15, 0.2) is 0 Å². The molecule has 3 fully saturated rings. The van der Waals surface area contributed by atoms with Gasteiger partial charge in [-0.05, 0) is 78.1 Å². The molecule has 10 nitrogen and oxygen atoms in total. The number of para-hydroxylation sites is 1. The zero-order valence-corrected chi connectivity index (χ0v) is 25.8. The number of amides is 3. The normalized spacial score (nSPS) is 26.8. The Bertz CT molecular complexity index is 1440. The second kappa shape index (κ2) is 11.8. The number of ether oxygens (including phenoxy) is 2. The number of anilines is 1. The van der Waals surface area contributed by atoms with E-state index in [4.69, 9.17) is 9.47 Å². The summed E-state index contributed by atoms with van der Waals surface area (Å²) in [6.45, 7) is 8.21. The fourth-order valence-corrected chi connectivity index (χ4v) is 7.92. The molecule has 1 saturated carbocycles. The van der Waals surface area contributed by atoms with Crippen LogP contribution in [-0.4, -0.2) is 52.5 Å². The number of nitrogens with one attached hydrogen (secondary N) is 3. The van der Waals surface area contributed by atoms with Gasteiger partial charge < -0.3 is 25.4 Å². The fourth-order valence-electron chi connectivity index (χ4n) is 6.52. The molecule has 43 heavy (non-hydrogen) atoms. The van der Waals surface area contributed by atoms with Crippen LogP contribution in [0.4, 0.5) is 10.5 Å². The van der Waals surface area contributed by atoms with Gasteiger partial charge in [0.25, 0.3) is 5.91 Å². The van der Waals surface area contributed by atoms with Gasteiger partial charge in [0, 0.05) is 23.7 Å². The zero-order valence-electron chi connectivity index (χ0n) is 25.0. The van der Waals surface area contributed by atoms with Crippen molar-refractivity contribution in [2.45, 2.75) is 82.9 Å². The molecule has 0 spiro atoms. The molecular formula is C32H39N5O5S. The average Bonchev–Trinajstić information content (AvgIpc) is 3.33. The maximum Gasteiger partial charge on any atom is 0.326 e. The third-order valence-electron chi connectivity index (χ3n) is 8.35. The van der Waals surface area contributed by atoms with Crippen molar-refractivity contribution in [3.05, 3.63) is 58.8 Å². The second-order valence-electron chi connectivity index (χ2n) is 12.7.